The van der Waals surface area contributed by atoms with Crippen molar-refractivity contribution in [2.24, 2.45) is 0 Å². The van der Waals surface area contributed by atoms with Crippen LogP contribution in [0.5, 0.6) is 11.5 Å². The van der Waals surface area contributed by atoms with Crippen molar-refractivity contribution in [3.63, 3.8) is 0 Å². The number of likely N-dealkylation sites (tertiary alicyclic amines) is 1. The van der Waals surface area contributed by atoms with Crippen LogP contribution in [0.3, 0.4) is 0 Å². The minimum atomic E-state index is 0.146. The Bertz CT molecular complexity index is 1160. The SMILES string of the molecule is Cc1cc(C)cc(C(=O)N2CC[C@H](NCCc3cccc4c3OCO4)C[C@H]2Cc2ccccc2)c1. The van der Waals surface area contributed by atoms with Crippen molar-refractivity contribution in [3.8, 4) is 11.5 Å². The van der Waals surface area contributed by atoms with E-state index in [0.717, 1.165) is 67.0 Å². The maximum absolute atomic E-state index is 13.6. The van der Waals surface area contributed by atoms with Gasteiger partial charge in [-0.3, -0.25) is 4.79 Å². The fraction of sp³-hybridized carbons (Fsp3) is 0.367. The third-order valence-corrected chi connectivity index (χ3v) is 7.06. The maximum atomic E-state index is 13.6. The van der Waals surface area contributed by atoms with Crippen molar-refractivity contribution >= 4 is 5.91 Å². The lowest BCUT2D eigenvalue weighted by Crippen LogP contribution is -2.52. The molecule has 0 aromatic heterocycles. The zero-order valence-corrected chi connectivity index (χ0v) is 20.6. The van der Waals surface area contributed by atoms with Crippen molar-refractivity contribution in [3.05, 3.63) is 94.5 Å². The number of carbonyl (C=O) groups excluding carboxylic acids is 1. The van der Waals surface area contributed by atoms with Crippen LogP contribution in [0, 0.1) is 13.8 Å². The molecule has 5 nitrogen and oxygen atoms in total. The Morgan fingerprint density at radius 1 is 1.00 bits per heavy atom. The first-order chi connectivity index (χ1) is 17.1. The van der Waals surface area contributed by atoms with E-state index in [4.69, 9.17) is 9.47 Å². The number of nitrogens with zero attached hydrogens (tertiary/aromatic N) is 1. The molecule has 0 bridgehead atoms. The Balaban J connectivity index is 1.27. The number of amides is 1. The molecule has 182 valence electrons. The van der Waals surface area contributed by atoms with Crippen molar-refractivity contribution in [2.45, 2.75) is 51.6 Å². The largest absolute Gasteiger partial charge is 0.454 e. The van der Waals surface area contributed by atoms with Crippen LogP contribution in [0.25, 0.3) is 0 Å². The summed E-state index contributed by atoms with van der Waals surface area (Å²) < 4.78 is 11.2. The summed E-state index contributed by atoms with van der Waals surface area (Å²) in [5.74, 6) is 1.86. The van der Waals surface area contributed by atoms with Gasteiger partial charge in [-0.05, 0) is 75.4 Å². The first kappa shape index (κ1) is 23.4. The van der Waals surface area contributed by atoms with Gasteiger partial charge in [0.25, 0.3) is 5.91 Å². The van der Waals surface area contributed by atoms with Gasteiger partial charge < -0.3 is 19.7 Å². The molecule has 2 aliphatic rings. The summed E-state index contributed by atoms with van der Waals surface area (Å²) in [7, 11) is 0. The molecule has 1 amide bonds. The van der Waals surface area contributed by atoms with Crippen molar-refractivity contribution < 1.29 is 14.3 Å². The molecule has 1 N–H and O–H groups in total. The van der Waals surface area contributed by atoms with Gasteiger partial charge >= 0.3 is 0 Å². The summed E-state index contributed by atoms with van der Waals surface area (Å²) in [5.41, 5.74) is 5.51. The van der Waals surface area contributed by atoms with E-state index in [1.807, 2.05) is 30.3 Å². The molecule has 5 heteroatoms. The minimum Gasteiger partial charge on any atom is -0.454 e. The van der Waals surface area contributed by atoms with Gasteiger partial charge in [0.15, 0.2) is 11.5 Å². The quantitative estimate of drug-likeness (QED) is 0.523. The van der Waals surface area contributed by atoms with Crippen LogP contribution >= 0.6 is 0 Å². The van der Waals surface area contributed by atoms with E-state index in [-0.39, 0.29) is 11.9 Å². The number of piperidine rings is 1. The number of aryl methyl sites for hydroxylation is 2. The van der Waals surface area contributed by atoms with E-state index < -0.39 is 0 Å². The molecule has 1 saturated heterocycles. The Hall–Kier alpha value is -3.31. The topological polar surface area (TPSA) is 50.8 Å². The van der Waals surface area contributed by atoms with Gasteiger partial charge in [0, 0.05) is 24.2 Å². The predicted octanol–water partition coefficient (Wildman–Crippen LogP) is 5.08. The highest BCUT2D eigenvalue weighted by molar-refractivity contribution is 5.95. The molecule has 5 rings (SSSR count). The number of para-hydroxylation sites is 1. The molecule has 0 radical (unpaired) electrons. The number of hydrogen-bond donors (Lipinski definition) is 1. The molecular formula is C30H34N2O3. The zero-order valence-electron chi connectivity index (χ0n) is 20.6. The lowest BCUT2D eigenvalue weighted by Gasteiger charge is -2.40. The molecule has 1 fully saturated rings. The smallest absolute Gasteiger partial charge is 0.254 e. The van der Waals surface area contributed by atoms with Crippen LogP contribution in [0.15, 0.2) is 66.7 Å². The van der Waals surface area contributed by atoms with E-state index in [9.17, 15) is 4.79 Å². The van der Waals surface area contributed by atoms with E-state index >= 15 is 0 Å². The second-order valence-electron chi connectivity index (χ2n) is 9.79. The maximum Gasteiger partial charge on any atom is 0.254 e. The van der Waals surface area contributed by atoms with Crippen LogP contribution in [-0.2, 0) is 12.8 Å². The molecule has 2 heterocycles. The number of benzene rings is 3. The second-order valence-corrected chi connectivity index (χ2v) is 9.79. The lowest BCUT2D eigenvalue weighted by atomic mass is 9.91. The highest BCUT2D eigenvalue weighted by Crippen LogP contribution is 2.35. The first-order valence-electron chi connectivity index (χ1n) is 12.6. The number of carbonyl (C=O) groups is 1. The second kappa shape index (κ2) is 10.5. The average Bonchev–Trinajstić information content (AvgIpc) is 3.34. The Morgan fingerprint density at radius 2 is 1.80 bits per heavy atom. The van der Waals surface area contributed by atoms with E-state index in [2.05, 4.69) is 60.5 Å². The van der Waals surface area contributed by atoms with E-state index in [0.29, 0.717) is 12.8 Å². The van der Waals surface area contributed by atoms with Gasteiger partial charge in [0.05, 0.1) is 0 Å². The van der Waals surface area contributed by atoms with Crippen LogP contribution < -0.4 is 14.8 Å². The van der Waals surface area contributed by atoms with Gasteiger partial charge in [0.1, 0.15) is 0 Å². The van der Waals surface area contributed by atoms with Gasteiger partial charge in [-0.1, -0.05) is 59.7 Å². The molecule has 2 atom stereocenters. The average molecular weight is 471 g/mol. The van der Waals surface area contributed by atoms with E-state index in [1.54, 1.807) is 0 Å². The summed E-state index contributed by atoms with van der Waals surface area (Å²) in [6, 6.07) is 23.3. The van der Waals surface area contributed by atoms with E-state index in [1.165, 1.54) is 11.1 Å². The predicted molar refractivity (Wildman–Crippen MR) is 138 cm³/mol. The number of hydrogen-bond acceptors (Lipinski definition) is 4. The zero-order chi connectivity index (χ0) is 24.2. The molecule has 0 unspecified atom stereocenters. The molecule has 35 heavy (non-hydrogen) atoms. The molecule has 0 aliphatic carbocycles. The highest BCUT2D eigenvalue weighted by Gasteiger charge is 2.32. The van der Waals surface area contributed by atoms with Gasteiger partial charge in [-0.2, -0.15) is 0 Å². The summed E-state index contributed by atoms with van der Waals surface area (Å²) in [6.45, 7) is 6.04. The number of ether oxygens (including phenoxy) is 2. The third-order valence-electron chi connectivity index (χ3n) is 7.06. The summed E-state index contributed by atoms with van der Waals surface area (Å²) in [4.78, 5) is 15.7. The monoisotopic (exact) mass is 470 g/mol. The molecule has 2 aliphatic heterocycles. The van der Waals surface area contributed by atoms with Crippen LogP contribution in [0.2, 0.25) is 0 Å². The Labute approximate surface area is 208 Å². The van der Waals surface area contributed by atoms with Crippen molar-refractivity contribution in [2.75, 3.05) is 19.9 Å². The molecular weight excluding hydrogens is 436 g/mol. The highest BCUT2D eigenvalue weighted by atomic mass is 16.7. The Kier molecular flexibility index (Phi) is 7.05. The summed E-state index contributed by atoms with van der Waals surface area (Å²) in [6.07, 6.45) is 3.65. The molecule has 0 spiro atoms. The normalized spacial score (nSPS) is 19.1. The van der Waals surface area contributed by atoms with Crippen LogP contribution in [-0.4, -0.2) is 42.8 Å². The van der Waals surface area contributed by atoms with Gasteiger partial charge in [-0.25, -0.2) is 0 Å². The molecule has 3 aromatic rings. The standard InChI is InChI=1S/C30H34N2O3/c1-21-15-22(2)17-25(16-21)30(33)32-14-12-26(19-27(32)18-23-7-4-3-5-8-23)31-13-11-24-9-6-10-28-29(24)35-20-34-28/h3-10,15-17,26-27,31H,11-14,18-20H2,1-2H3/t26-,27+/m0/s1. The molecule has 0 saturated carbocycles. The van der Waals surface area contributed by atoms with Crippen molar-refractivity contribution in [1.29, 1.82) is 0 Å². The fourth-order valence-electron chi connectivity index (χ4n) is 5.45. The van der Waals surface area contributed by atoms with Crippen molar-refractivity contribution in [1.82, 2.24) is 10.2 Å². The fourth-order valence-corrected chi connectivity index (χ4v) is 5.45. The Morgan fingerprint density at radius 3 is 2.60 bits per heavy atom. The van der Waals surface area contributed by atoms with Crippen LogP contribution in [0.4, 0.5) is 0 Å². The first-order valence-corrected chi connectivity index (χ1v) is 12.6. The van der Waals surface area contributed by atoms with Gasteiger partial charge in [-0.15, -0.1) is 0 Å². The number of nitrogens with one attached hydrogen (secondary N) is 1. The molecule has 3 aromatic carbocycles. The third kappa shape index (κ3) is 5.51. The summed E-state index contributed by atoms with van der Waals surface area (Å²) >= 11 is 0. The lowest BCUT2D eigenvalue weighted by molar-refractivity contribution is 0.0577. The summed E-state index contributed by atoms with van der Waals surface area (Å²) in [5, 5.41) is 3.76. The van der Waals surface area contributed by atoms with Gasteiger partial charge in [0.2, 0.25) is 6.79 Å². The minimum absolute atomic E-state index is 0.146. The number of rotatable bonds is 7. The van der Waals surface area contributed by atoms with Crippen LogP contribution in [0.1, 0.15) is 45.5 Å². The number of fused-ring (bicyclic) bond motifs is 1.